The van der Waals surface area contributed by atoms with Crippen LogP contribution in [-0.4, -0.2) is 15.5 Å². The van der Waals surface area contributed by atoms with Gasteiger partial charge in [-0.1, -0.05) is 48.5 Å². The first-order chi connectivity index (χ1) is 7.02. The molecule has 0 atom stereocenters. The molecule has 2 N–H and O–H groups in total. The first-order valence-electron chi connectivity index (χ1n) is 5.73. The van der Waals surface area contributed by atoms with Gasteiger partial charge in [0, 0.05) is 5.75 Å². The van der Waals surface area contributed by atoms with Crippen LogP contribution in [0.3, 0.4) is 0 Å². The van der Waals surface area contributed by atoms with Gasteiger partial charge in [-0.05, 0) is 29.6 Å². The lowest BCUT2D eigenvalue weighted by atomic mass is 10.3. The lowest BCUT2D eigenvalue weighted by molar-refractivity contribution is 0.397. The molecule has 0 rings (SSSR count). The quantitative estimate of drug-likeness (QED) is 0.740. The number of hydrogen-bond acceptors (Lipinski definition) is 2. The van der Waals surface area contributed by atoms with Gasteiger partial charge in [-0.15, -0.1) is 0 Å². The summed E-state index contributed by atoms with van der Waals surface area (Å²) in [7, 11) is 0. The van der Waals surface area contributed by atoms with Gasteiger partial charge in [0.1, 0.15) is 0 Å². The summed E-state index contributed by atoms with van der Waals surface area (Å²) in [5.41, 5.74) is 0. The molecule has 0 radical (unpaired) electrons. The molecular formula is C11H29O3PS. The van der Waals surface area contributed by atoms with Crippen LogP contribution in [0.4, 0.5) is 0 Å². The predicted octanol–water partition coefficient (Wildman–Crippen LogP) is 4.55. The first kappa shape index (κ1) is 21.8. The highest BCUT2D eigenvalue weighted by molar-refractivity contribution is 8.54. The van der Waals surface area contributed by atoms with Crippen LogP contribution in [0, 0.1) is 11.8 Å². The molecule has 0 aromatic carbocycles. The van der Waals surface area contributed by atoms with Crippen molar-refractivity contribution >= 4 is 18.2 Å². The molecule has 3 nitrogen and oxygen atoms in total. The zero-order valence-corrected chi connectivity index (χ0v) is 13.4. The Morgan fingerprint density at radius 2 is 1.25 bits per heavy atom. The standard InChI is InChI=1S/2C4H10.C3H9O3PS/c2*1-4(2)3;1-2-3-8-7(4,5)6/h2*4H,1-3H3;2-3H2,1H3,(H2,4,5,6). The lowest BCUT2D eigenvalue weighted by Crippen LogP contribution is -1.73. The van der Waals surface area contributed by atoms with Crippen LogP contribution in [0.15, 0.2) is 0 Å². The lowest BCUT2D eigenvalue weighted by Gasteiger charge is -1.98. The van der Waals surface area contributed by atoms with E-state index in [4.69, 9.17) is 9.79 Å². The minimum absolute atomic E-state index is 0.532. The summed E-state index contributed by atoms with van der Waals surface area (Å²) < 4.78 is 10.0. The van der Waals surface area contributed by atoms with E-state index in [0.717, 1.165) is 18.3 Å². The van der Waals surface area contributed by atoms with Crippen molar-refractivity contribution in [3.05, 3.63) is 0 Å². The summed E-state index contributed by atoms with van der Waals surface area (Å²) in [5, 5.41) is 0. The first-order valence-corrected chi connectivity index (χ1v) is 8.93. The second kappa shape index (κ2) is 13.6. The molecule has 0 heterocycles. The smallest absolute Gasteiger partial charge is 0.317 e. The van der Waals surface area contributed by atoms with E-state index in [1.165, 1.54) is 0 Å². The minimum Gasteiger partial charge on any atom is -0.317 e. The fourth-order valence-corrected chi connectivity index (χ4v) is 1.89. The van der Waals surface area contributed by atoms with E-state index in [2.05, 4.69) is 41.5 Å². The molecule has 0 saturated carbocycles. The topological polar surface area (TPSA) is 57.5 Å². The molecule has 0 aliphatic carbocycles. The van der Waals surface area contributed by atoms with Crippen molar-refractivity contribution in [2.24, 2.45) is 11.8 Å². The van der Waals surface area contributed by atoms with Crippen LogP contribution in [0.2, 0.25) is 0 Å². The van der Waals surface area contributed by atoms with E-state index in [1.54, 1.807) is 0 Å². The van der Waals surface area contributed by atoms with E-state index in [0.29, 0.717) is 17.1 Å². The van der Waals surface area contributed by atoms with E-state index in [1.807, 2.05) is 6.92 Å². The van der Waals surface area contributed by atoms with Crippen LogP contribution in [0.25, 0.3) is 0 Å². The van der Waals surface area contributed by atoms with Crippen molar-refractivity contribution in [2.45, 2.75) is 54.9 Å². The van der Waals surface area contributed by atoms with E-state index in [9.17, 15) is 4.57 Å². The molecule has 0 saturated heterocycles. The average Bonchev–Trinajstić information content (AvgIpc) is 1.97. The molecule has 0 fully saturated rings. The van der Waals surface area contributed by atoms with Crippen LogP contribution >= 0.6 is 18.2 Å². The highest BCUT2D eigenvalue weighted by Gasteiger charge is 2.10. The highest BCUT2D eigenvalue weighted by Crippen LogP contribution is 2.50. The molecule has 102 valence electrons. The number of hydrogen-bond donors (Lipinski definition) is 2. The molecule has 0 spiro atoms. The van der Waals surface area contributed by atoms with Gasteiger partial charge in [0.25, 0.3) is 0 Å². The Morgan fingerprint density at radius 3 is 1.31 bits per heavy atom. The fourth-order valence-electron chi connectivity index (χ4n) is 0.210. The summed E-state index contributed by atoms with van der Waals surface area (Å²) in [6, 6.07) is 0. The Hall–Kier alpha value is 0.500. The van der Waals surface area contributed by atoms with Crippen LogP contribution in [0.1, 0.15) is 54.9 Å². The maximum Gasteiger partial charge on any atom is 0.383 e. The summed E-state index contributed by atoms with van der Waals surface area (Å²) >= 11 is 0.700. The normalized spacial score (nSPS) is 10.4. The largest absolute Gasteiger partial charge is 0.383 e. The van der Waals surface area contributed by atoms with Gasteiger partial charge in [-0.2, -0.15) is 0 Å². The average molecular weight is 272 g/mol. The molecule has 5 heteroatoms. The zero-order valence-electron chi connectivity index (χ0n) is 11.7. The minimum atomic E-state index is -3.77. The summed E-state index contributed by atoms with van der Waals surface area (Å²) in [5.74, 6) is 2.20. The Balaban J connectivity index is -0.000000179. The molecule has 16 heavy (non-hydrogen) atoms. The third-order valence-corrected chi connectivity index (χ3v) is 2.95. The molecule has 0 aliphatic heterocycles. The zero-order chi connectivity index (χ0) is 13.8. The van der Waals surface area contributed by atoms with Crippen molar-refractivity contribution in [3.63, 3.8) is 0 Å². The van der Waals surface area contributed by atoms with E-state index in [-0.39, 0.29) is 0 Å². The third kappa shape index (κ3) is 87.4. The van der Waals surface area contributed by atoms with E-state index < -0.39 is 6.80 Å². The molecule has 0 unspecified atom stereocenters. The molecule has 0 aromatic heterocycles. The third-order valence-electron chi connectivity index (χ3n) is 0.464. The highest BCUT2D eigenvalue weighted by atomic mass is 32.7. The van der Waals surface area contributed by atoms with Gasteiger partial charge in [-0.25, -0.2) is 4.57 Å². The van der Waals surface area contributed by atoms with E-state index >= 15 is 0 Å². The van der Waals surface area contributed by atoms with Crippen molar-refractivity contribution in [3.8, 4) is 0 Å². The maximum atomic E-state index is 10.0. The van der Waals surface area contributed by atoms with Crippen molar-refractivity contribution in [1.82, 2.24) is 0 Å². The SMILES string of the molecule is CC(C)C.CC(C)C.CCCSP(=O)(O)O. The van der Waals surface area contributed by atoms with Crippen LogP contribution in [-0.2, 0) is 4.57 Å². The second-order valence-electron chi connectivity index (χ2n) is 4.79. The molecule has 0 aromatic rings. The van der Waals surface area contributed by atoms with Crippen molar-refractivity contribution < 1.29 is 14.4 Å². The summed E-state index contributed by atoms with van der Waals surface area (Å²) in [6.45, 7) is 11.1. The Morgan fingerprint density at radius 1 is 1.00 bits per heavy atom. The van der Waals surface area contributed by atoms with Gasteiger partial charge >= 0.3 is 6.80 Å². The Bertz CT molecular complexity index is 155. The van der Waals surface area contributed by atoms with Crippen molar-refractivity contribution in [2.75, 3.05) is 5.75 Å². The monoisotopic (exact) mass is 272 g/mol. The molecule has 0 aliphatic rings. The van der Waals surface area contributed by atoms with Gasteiger partial charge in [0.2, 0.25) is 0 Å². The number of rotatable bonds is 3. The maximum absolute atomic E-state index is 10.0. The van der Waals surface area contributed by atoms with Crippen LogP contribution < -0.4 is 0 Å². The van der Waals surface area contributed by atoms with Gasteiger partial charge < -0.3 is 9.79 Å². The summed E-state index contributed by atoms with van der Waals surface area (Å²) in [4.78, 5) is 16.4. The Kier molecular flexibility index (Phi) is 18.4. The molecular weight excluding hydrogens is 243 g/mol. The summed E-state index contributed by atoms with van der Waals surface area (Å²) in [6.07, 6.45) is 0.801. The fraction of sp³-hybridized carbons (Fsp3) is 1.00. The van der Waals surface area contributed by atoms with Gasteiger partial charge in [0.15, 0.2) is 0 Å². The second-order valence-corrected chi connectivity index (χ2v) is 8.64. The molecule has 0 bridgehead atoms. The molecule has 0 amide bonds. The predicted molar refractivity (Wildman–Crippen MR) is 75.8 cm³/mol. The van der Waals surface area contributed by atoms with Gasteiger partial charge in [0.05, 0.1) is 0 Å². The van der Waals surface area contributed by atoms with Crippen LogP contribution in [0.5, 0.6) is 0 Å². The Labute approximate surface area is 105 Å². The van der Waals surface area contributed by atoms with Gasteiger partial charge in [-0.3, -0.25) is 0 Å². The van der Waals surface area contributed by atoms with Crippen molar-refractivity contribution in [1.29, 1.82) is 0 Å².